The number of carbonyl (C=O) groups excluding carboxylic acids is 1. The number of rotatable bonds is 7. The van der Waals surface area contributed by atoms with Crippen LogP contribution in [-0.4, -0.2) is 44.7 Å². The molecule has 2 aromatic heterocycles. The molecule has 0 spiro atoms. The second-order valence-corrected chi connectivity index (χ2v) is 11.9. The fraction of sp³-hybridized carbons (Fsp3) is 0.111. The summed E-state index contributed by atoms with van der Waals surface area (Å²) < 4.78 is 27.7. The summed E-state index contributed by atoms with van der Waals surface area (Å²) in [5, 5.41) is 13.6. The lowest BCUT2D eigenvalue weighted by Crippen LogP contribution is -2.23. The number of nitrogens with one attached hydrogen (secondary N) is 2. The van der Waals surface area contributed by atoms with Crippen molar-refractivity contribution in [2.24, 2.45) is 0 Å². The summed E-state index contributed by atoms with van der Waals surface area (Å²) in [4.78, 5) is 25.6. The van der Waals surface area contributed by atoms with Crippen molar-refractivity contribution in [2.45, 2.75) is 29.1 Å². The first kappa shape index (κ1) is 24.9. The van der Waals surface area contributed by atoms with Crippen LogP contribution >= 0.6 is 11.8 Å². The van der Waals surface area contributed by atoms with E-state index in [1.54, 1.807) is 19.9 Å². The van der Waals surface area contributed by atoms with E-state index in [0.29, 0.717) is 16.5 Å². The van der Waals surface area contributed by atoms with E-state index in [9.17, 15) is 13.2 Å². The zero-order valence-electron chi connectivity index (χ0n) is 20.8. The van der Waals surface area contributed by atoms with E-state index in [4.69, 9.17) is 4.98 Å². The first-order valence-corrected chi connectivity index (χ1v) is 14.3. The molecule has 10 nitrogen and oxygen atoms in total. The van der Waals surface area contributed by atoms with Gasteiger partial charge < -0.3 is 5.32 Å². The Balaban J connectivity index is 1.13. The number of fused-ring (bicyclic) bond motifs is 3. The highest BCUT2D eigenvalue weighted by atomic mass is 32.2. The number of hydrogen-bond acceptors (Lipinski definition) is 9. The van der Waals surface area contributed by atoms with E-state index in [1.165, 1.54) is 42.2 Å². The van der Waals surface area contributed by atoms with Crippen molar-refractivity contribution in [1.29, 1.82) is 0 Å². The number of nitrogens with zero attached hydrogens (tertiary/aromatic N) is 5. The summed E-state index contributed by atoms with van der Waals surface area (Å²) >= 11 is 1.20. The highest BCUT2D eigenvalue weighted by Crippen LogP contribution is 2.45. The lowest BCUT2D eigenvalue weighted by molar-refractivity contribution is -0.115. The Labute approximate surface area is 228 Å². The predicted molar refractivity (Wildman–Crippen MR) is 150 cm³/mol. The smallest absolute Gasteiger partial charge is 0.264 e. The summed E-state index contributed by atoms with van der Waals surface area (Å²) in [6, 6.07) is 19.6. The molecule has 0 saturated carbocycles. The Morgan fingerprint density at radius 2 is 1.62 bits per heavy atom. The van der Waals surface area contributed by atoms with Gasteiger partial charge in [0.1, 0.15) is 11.4 Å². The van der Waals surface area contributed by atoms with Crippen molar-refractivity contribution in [1.82, 2.24) is 25.1 Å². The van der Waals surface area contributed by atoms with E-state index in [0.717, 1.165) is 33.3 Å². The normalized spacial score (nSPS) is 12.7. The van der Waals surface area contributed by atoms with Gasteiger partial charge in [0.25, 0.3) is 10.0 Å². The Morgan fingerprint density at radius 3 is 2.33 bits per heavy atom. The molecule has 6 rings (SSSR count). The SMILES string of the molecule is Cc1ccnc(NS(=O)(=O)c2ccc(NC(=O)C(C)Sc3nnc4c(n3)-c3cccc5cccc-4c35)cc2)n1. The lowest BCUT2D eigenvalue weighted by Gasteiger charge is -2.12. The number of anilines is 2. The van der Waals surface area contributed by atoms with E-state index in [-0.39, 0.29) is 16.8 Å². The number of aryl methyl sites for hydroxylation is 1. The number of hydrogen-bond donors (Lipinski definition) is 2. The second-order valence-electron chi connectivity index (χ2n) is 8.90. The van der Waals surface area contributed by atoms with Crippen molar-refractivity contribution >= 4 is 50.1 Å². The molecule has 1 unspecified atom stereocenters. The Kier molecular flexibility index (Phi) is 6.20. The quantitative estimate of drug-likeness (QED) is 0.268. The molecule has 2 heterocycles. The van der Waals surface area contributed by atoms with Gasteiger partial charge in [-0.1, -0.05) is 48.2 Å². The van der Waals surface area contributed by atoms with Gasteiger partial charge in [0.2, 0.25) is 17.0 Å². The average molecular weight is 556 g/mol. The van der Waals surface area contributed by atoms with Crippen LogP contribution in [0.15, 0.2) is 83.0 Å². The van der Waals surface area contributed by atoms with Crippen LogP contribution in [0.2, 0.25) is 0 Å². The Hall–Kier alpha value is -4.42. The van der Waals surface area contributed by atoms with Gasteiger partial charge in [-0.2, -0.15) is 0 Å². The van der Waals surface area contributed by atoms with Crippen LogP contribution in [0.1, 0.15) is 12.6 Å². The van der Waals surface area contributed by atoms with Crippen LogP contribution in [0.25, 0.3) is 33.3 Å². The van der Waals surface area contributed by atoms with Crippen LogP contribution in [0.4, 0.5) is 11.6 Å². The van der Waals surface area contributed by atoms with Gasteiger partial charge in [0.15, 0.2) is 0 Å². The van der Waals surface area contributed by atoms with E-state index in [2.05, 4.69) is 42.3 Å². The average Bonchev–Trinajstić information content (AvgIpc) is 3.24. The molecule has 5 aromatic rings. The highest BCUT2D eigenvalue weighted by Gasteiger charge is 2.26. The summed E-state index contributed by atoms with van der Waals surface area (Å²) in [5.74, 6) is -0.293. The van der Waals surface area contributed by atoms with Crippen LogP contribution in [0, 0.1) is 6.92 Å². The van der Waals surface area contributed by atoms with Crippen LogP contribution in [-0.2, 0) is 14.8 Å². The molecule has 39 heavy (non-hydrogen) atoms. The van der Waals surface area contributed by atoms with Crippen molar-refractivity contribution < 1.29 is 13.2 Å². The molecule has 1 amide bonds. The predicted octanol–water partition coefficient (Wildman–Crippen LogP) is 4.69. The molecule has 1 aliphatic carbocycles. The number of aromatic nitrogens is 5. The molecule has 1 atom stereocenters. The maximum absolute atomic E-state index is 12.9. The fourth-order valence-electron chi connectivity index (χ4n) is 4.32. The van der Waals surface area contributed by atoms with Gasteiger partial charge in [0.05, 0.1) is 10.1 Å². The second kappa shape index (κ2) is 9.71. The minimum Gasteiger partial charge on any atom is -0.325 e. The summed E-state index contributed by atoms with van der Waals surface area (Å²) in [6.07, 6.45) is 1.47. The zero-order valence-corrected chi connectivity index (χ0v) is 22.4. The van der Waals surface area contributed by atoms with E-state index >= 15 is 0 Å². The molecular formula is C27H21N7O3S2. The minimum atomic E-state index is -3.89. The third-order valence-corrected chi connectivity index (χ3v) is 8.48. The number of thioether (sulfide) groups is 1. The number of carbonyl (C=O) groups is 1. The largest absolute Gasteiger partial charge is 0.325 e. The first-order chi connectivity index (χ1) is 18.8. The van der Waals surface area contributed by atoms with Crippen molar-refractivity contribution in [2.75, 3.05) is 10.0 Å². The van der Waals surface area contributed by atoms with Gasteiger partial charge in [-0.15, -0.1) is 10.2 Å². The van der Waals surface area contributed by atoms with Crippen molar-refractivity contribution in [3.8, 4) is 22.5 Å². The molecule has 12 heteroatoms. The topological polar surface area (TPSA) is 140 Å². The minimum absolute atomic E-state index is 0.0120. The first-order valence-electron chi connectivity index (χ1n) is 12.0. The van der Waals surface area contributed by atoms with Crippen LogP contribution in [0.3, 0.4) is 0 Å². The third-order valence-electron chi connectivity index (χ3n) is 6.19. The van der Waals surface area contributed by atoms with E-state index < -0.39 is 15.3 Å². The molecule has 2 N–H and O–H groups in total. The maximum Gasteiger partial charge on any atom is 0.264 e. The van der Waals surface area contributed by atoms with Gasteiger partial charge in [0, 0.05) is 34.1 Å². The molecule has 1 aliphatic rings. The van der Waals surface area contributed by atoms with Gasteiger partial charge >= 0.3 is 0 Å². The van der Waals surface area contributed by atoms with Crippen molar-refractivity contribution in [3.63, 3.8) is 0 Å². The Bertz CT molecular complexity index is 1860. The van der Waals surface area contributed by atoms with E-state index in [1.807, 2.05) is 24.3 Å². The lowest BCUT2D eigenvalue weighted by atomic mass is 10.0. The molecule has 0 saturated heterocycles. The maximum atomic E-state index is 12.9. The molecule has 0 fully saturated rings. The molecule has 0 aliphatic heterocycles. The van der Waals surface area contributed by atoms with Crippen molar-refractivity contribution in [3.05, 3.63) is 78.6 Å². The summed E-state index contributed by atoms with van der Waals surface area (Å²) in [6.45, 7) is 3.49. The molecule has 3 aromatic carbocycles. The number of benzene rings is 3. The van der Waals surface area contributed by atoms with Gasteiger partial charge in [-0.3, -0.25) is 4.79 Å². The third kappa shape index (κ3) is 4.79. The molecule has 0 bridgehead atoms. The highest BCUT2D eigenvalue weighted by molar-refractivity contribution is 8.00. The summed E-state index contributed by atoms with van der Waals surface area (Å²) in [7, 11) is -3.89. The fourth-order valence-corrected chi connectivity index (χ4v) is 5.98. The van der Waals surface area contributed by atoms with Gasteiger partial charge in [-0.05, 0) is 49.6 Å². The molecule has 0 radical (unpaired) electrons. The summed E-state index contributed by atoms with van der Waals surface area (Å²) in [5.41, 5.74) is 4.60. The van der Waals surface area contributed by atoms with Gasteiger partial charge in [-0.25, -0.2) is 28.1 Å². The Morgan fingerprint density at radius 1 is 0.897 bits per heavy atom. The van der Waals surface area contributed by atoms with Crippen LogP contribution < -0.4 is 10.0 Å². The zero-order chi connectivity index (χ0) is 27.1. The standard InChI is InChI=1S/C27H21N7O3S2/c1-15-13-14-28-26(29-15)34-39(36,37)19-11-9-18(10-12-19)30-25(35)16(2)38-27-31-23-20-7-3-5-17-6-4-8-21(22(17)20)24(23)32-33-27/h3-14,16H,1-2H3,(H,30,35)(H,28,29,34). The van der Waals surface area contributed by atoms with Crippen LogP contribution in [0.5, 0.6) is 0 Å². The molecule has 194 valence electrons. The monoisotopic (exact) mass is 555 g/mol. The molecular weight excluding hydrogens is 534 g/mol. The number of sulfonamides is 1. The number of amides is 1.